The van der Waals surface area contributed by atoms with E-state index in [-0.39, 0.29) is 37.4 Å². The number of halogens is 1. The number of nitrogens with zero attached hydrogens (tertiary/aromatic N) is 1. The van der Waals surface area contributed by atoms with E-state index in [9.17, 15) is 9.59 Å². The molecule has 0 aromatic rings. The summed E-state index contributed by atoms with van der Waals surface area (Å²) in [5, 5.41) is 0. The van der Waals surface area contributed by atoms with E-state index in [2.05, 4.69) is 0 Å². The van der Waals surface area contributed by atoms with Gasteiger partial charge in [-0.2, -0.15) is 0 Å². The maximum atomic E-state index is 12.0. The van der Waals surface area contributed by atoms with Crippen LogP contribution in [0.3, 0.4) is 0 Å². The number of nitrogens with two attached hydrogens (primary N) is 1. The molecule has 0 spiro atoms. The van der Waals surface area contributed by atoms with Gasteiger partial charge >= 0.3 is 11.9 Å². The maximum Gasteiger partial charge on any atom is 0.320 e. The molecule has 2 N–H and O–H groups in total. The van der Waals surface area contributed by atoms with E-state index < -0.39 is 11.2 Å². The number of carbonyl (C=O) groups is 2. The lowest BCUT2D eigenvalue weighted by molar-refractivity contribution is -0.159. The van der Waals surface area contributed by atoms with E-state index in [0.717, 1.165) is 25.7 Å². The van der Waals surface area contributed by atoms with Crippen LogP contribution in [0.15, 0.2) is 0 Å². The SMILES string of the molecule is CC(C)(C)OC(=O)CN(CCCCCCN)CC(=O)OC(C)(C)C.Cl. The second-order valence-corrected chi connectivity index (χ2v) is 8.09. The summed E-state index contributed by atoms with van der Waals surface area (Å²) in [6.45, 7) is 12.5. The van der Waals surface area contributed by atoms with Crippen molar-refractivity contribution < 1.29 is 19.1 Å². The summed E-state index contributed by atoms with van der Waals surface area (Å²) in [6, 6.07) is 0. The summed E-state index contributed by atoms with van der Waals surface area (Å²) in [5.41, 5.74) is 4.42. The van der Waals surface area contributed by atoms with Gasteiger partial charge in [0.2, 0.25) is 0 Å². The number of hydrogen-bond acceptors (Lipinski definition) is 6. The summed E-state index contributed by atoms with van der Waals surface area (Å²) in [6.07, 6.45) is 3.99. The molecule has 0 heterocycles. The van der Waals surface area contributed by atoms with Gasteiger partial charge in [-0.3, -0.25) is 14.5 Å². The van der Waals surface area contributed by atoms with E-state index in [1.807, 2.05) is 41.5 Å². The van der Waals surface area contributed by atoms with Crippen LogP contribution in [0.2, 0.25) is 0 Å². The Morgan fingerprint density at radius 1 is 0.800 bits per heavy atom. The first-order chi connectivity index (χ1) is 10.9. The molecule has 0 saturated heterocycles. The molecule has 0 bridgehead atoms. The van der Waals surface area contributed by atoms with Crippen LogP contribution in [-0.2, 0) is 19.1 Å². The van der Waals surface area contributed by atoms with Crippen LogP contribution in [0.4, 0.5) is 0 Å². The highest BCUT2D eigenvalue weighted by Gasteiger charge is 2.23. The Bertz CT molecular complexity index is 360. The number of hydrogen-bond donors (Lipinski definition) is 1. The quantitative estimate of drug-likeness (QED) is 0.463. The molecule has 0 aliphatic rings. The normalized spacial score (nSPS) is 11.8. The van der Waals surface area contributed by atoms with Gasteiger partial charge in [0.15, 0.2) is 0 Å². The first-order valence-corrected chi connectivity index (χ1v) is 8.79. The summed E-state index contributed by atoms with van der Waals surface area (Å²) in [4.78, 5) is 25.9. The minimum Gasteiger partial charge on any atom is -0.459 e. The van der Waals surface area contributed by atoms with Crippen molar-refractivity contribution in [2.24, 2.45) is 5.73 Å². The lowest BCUT2D eigenvalue weighted by Crippen LogP contribution is -2.40. The third-order valence-corrected chi connectivity index (χ3v) is 2.97. The van der Waals surface area contributed by atoms with Crippen molar-refractivity contribution >= 4 is 24.3 Å². The van der Waals surface area contributed by atoms with E-state index in [1.54, 1.807) is 4.90 Å². The van der Waals surface area contributed by atoms with Gasteiger partial charge in [0, 0.05) is 0 Å². The third-order valence-electron chi connectivity index (χ3n) is 2.97. The summed E-state index contributed by atoms with van der Waals surface area (Å²) in [5.74, 6) is -0.652. The third kappa shape index (κ3) is 17.8. The predicted octanol–water partition coefficient (Wildman–Crippen LogP) is 2.91. The van der Waals surface area contributed by atoms with Crippen molar-refractivity contribution in [1.82, 2.24) is 4.90 Å². The number of ether oxygens (including phenoxy) is 2. The Labute approximate surface area is 159 Å². The Balaban J connectivity index is 0. The number of esters is 2. The number of carbonyl (C=O) groups excluding carboxylic acids is 2. The molecule has 0 unspecified atom stereocenters. The van der Waals surface area contributed by atoms with Crippen molar-refractivity contribution in [3.05, 3.63) is 0 Å². The van der Waals surface area contributed by atoms with Crippen LogP contribution in [0.1, 0.15) is 67.2 Å². The molecule has 6 nitrogen and oxygen atoms in total. The second-order valence-electron chi connectivity index (χ2n) is 8.09. The minimum absolute atomic E-state index is 0. The lowest BCUT2D eigenvalue weighted by Gasteiger charge is -2.26. The van der Waals surface area contributed by atoms with Gasteiger partial charge in [-0.05, 0) is 67.5 Å². The number of rotatable bonds is 10. The monoisotopic (exact) mass is 380 g/mol. The molecule has 0 amide bonds. The van der Waals surface area contributed by atoms with Crippen LogP contribution < -0.4 is 5.73 Å². The van der Waals surface area contributed by atoms with Crippen molar-refractivity contribution in [3.63, 3.8) is 0 Å². The molecule has 150 valence electrons. The highest BCUT2D eigenvalue weighted by atomic mass is 35.5. The van der Waals surface area contributed by atoms with Crippen molar-refractivity contribution in [1.29, 1.82) is 0 Å². The van der Waals surface area contributed by atoms with E-state index in [1.165, 1.54) is 0 Å². The fraction of sp³-hybridized carbons (Fsp3) is 0.889. The molecule has 0 aliphatic carbocycles. The second kappa shape index (κ2) is 12.5. The molecular weight excluding hydrogens is 344 g/mol. The van der Waals surface area contributed by atoms with Crippen molar-refractivity contribution in [2.45, 2.75) is 78.4 Å². The molecule has 0 saturated carbocycles. The Kier molecular flexibility index (Phi) is 13.2. The average Bonchev–Trinajstić information content (AvgIpc) is 2.33. The van der Waals surface area contributed by atoms with E-state index in [0.29, 0.717) is 13.1 Å². The maximum absolute atomic E-state index is 12.0. The zero-order chi connectivity index (χ0) is 18.8. The van der Waals surface area contributed by atoms with Gasteiger partial charge in [0.25, 0.3) is 0 Å². The highest BCUT2D eigenvalue weighted by molar-refractivity contribution is 5.85. The summed E-state index contributed by atoms with van der Waals surface area (Å²) in [7, 11) is 0. The van der Waals surface area contributed by atoms with Crippen LogP contribution in [0, 0.1) is 0 Å². The lowest BCUT2D eigenvalue weighted by atomic mass is 10.2. The largest absolute Gasteiger partial charge is 0.459 e. The standard InChI is InChI=1S/C18H36N2O4.ClH/c1-17(2,3)23-15(21)13-20(12-10-8-7-9-11-19)14-16(22)24-18(4,5)6;/h7-14,19H2,1-6H3;1H. The minimum atomic E-state index is -0.532. The van der Waals surface area contributed by atoms with Gasteiger partial charge < -0.3 is 15.2 Å². The molecule has 0 radical (unpaired) electrons. The van der Waals surface area contributed by atoms with Gasteiger partial charge in [0.1, 0.15) is 11.2 Å². The fourth-order valence-electron chi connectivity index (χ4n) is 2.16. The summed E-state index contributed by atoms with van der Waals surface area (Å²) >= 11 is 0. The van der Waals surface area contributed by atoms with Crippen LogP contribution >= 0.6 is 12.4 Å². The summed E-state index contributed by atoms with van der Waals surface area (Å²) < 4.78 is 10.7. The first-order valence-electron chi connectivity index (χ1n) is 8.79. The fourth-order valence-corrected chi connectivity index (χ4v) is 2.16. The smallest absolute Gasteiger partial charge is 0.320 e. The predicted molar refractivity (Wildman–Crippen MR) is 103 cm³/mol. The Hall–Kier alpha value is -0.850. The molecule has 0 aromatic heterocycles. The molecule has 0 fully saturated rings. The van der Waals surface area contributed by atoms with E-state index in [4.69, 9.17) is 15.2 Å². The molecule has 0 aromatic carbocycles. The van der Waals surface area contributed by atoms with Crippen molar-refractivity contribution in [3.8, 4) is 0 Å². The molecule has 7 heteroatoms. The van der Waals surface area contributed by atoms with Crippen LogP contribution in [-0.4, -0.2) is 54.2 Å². The first kappa shape index (κ1) is 26.4. The van der Waals surface area contributed by atoms with Gasteiger partial charge in [-0.25, -0.2) is 0 Å². The topological polar surface area (TPSA) is 81.9 Å². The molecular formula is C18H37ClN2O4. The molecule has 0 rings (SSSR count). The van der Waals surface area contributed by atoms with Crippen LogP contribution in [0.25, 0.3) is 0 Å². The molecule has 0 aliphatic heterocycles. The average molecular weight is 381 g/mol. The Morgan fingerprint density at radius 2 is 1.20 bits per heavy atom. The van der Waals surface area contributed by atoms with Crippen molar-refractivity contribution in [2.75, 3.05) is 26.2 Å². The molecule has 0 atom stereocenters. The van der Waals surface area contributed by atoms with Crippen LogP contribution in [0.5, 0.6) is 0 Å². The number of unbranched alkanes of at least 4 members (excludes halogenated alkanes) is 3. The van der Waals surface area contributed by atoms with E-state index >= 15 is 0 Å². The zero-order valence-corrected chi connectivity index (χ0v) is 17.5. The Morgan fingerprint density at radius 3 is 1.56 bits per heavy atom. The highest BCUT2D eigenvalue weighted by Crippen LogP contribution is 2.10. The molecule has 25 heavy (non-hydrogen) atoms. The zero-order valence-electron chi connectivity index (χ0n) is 16.7. The van der Waals surface area contributed by atoms with Gasteiger partial charge in [0.05, 0.1) is 13.1 Å². The van der Waals surface area contributed by atoms with Gasteiger partial charge in [-0.15, -0.1) is 12.4 Å². The van der Waals surface area contributed by atoms with Gasteiger partial charge in [-0.1, -0.05) is 12.8 Å².